The Morgan fingerprint density at radius 2 is 1.94 bits per heavy atom. The lowest BCUT2D eigenvalue weighted by Crippen LogP contribution is -2.20. The number of fused-ring (bicyclic) bond motifs is 3. The van der Waals surface area contributed by atoms with Crippen molar-refractivity contribution < 1.29 is 22.8 Å². The topological polar surface area (TPSA) is 108 Å². The number of halogens is 3. The second-order valence-electron chi connectivity index (χ2n) is 9.40. The predicted octanol–water partition coefficient (Wildman–Crippen LogP) is 5.21. The molecule has 13 heteroatoms. The van der Waals surface area contributed by atoms with Gasteiger partial charge in [0.2, 0.25) is 0 Å². The number of aromatic nitrogens is 7. The summed E-state index contributed by atoms with van der Waals surface area (Å²) in [6, 6.07) is 1.08. The van der Waals surface area contributed by atoms with Gasteiger partial charge < -0.3 is 14.2 Å². The van der Waals surface area contributed by atoms with Gasteiger partial charge in [-0.3, -0.25) is 4.98 Å². The van der Waals surface area contributed by atoms with Crippen LogP contribution in [0.5, 0.6) is 0 Å². The summed E-state index contributed by atoms with van der Waals surface area (Å²) in [7, 11) is 1.76. The molecule has 0 saturated carbocycles. The van der Waals surface area contributed by atoms with Crippen LogP contribution in [0.1, 0.15) is 55.4 Å². The van der Waals surface area contributed by atoms with Crippen molar-refractivity contribution in [2.45, 2.75) is 58.4 Å². The fraction of sp³-hybridized carbons (Fsp3) is 0.435. The van der Waals surface area contributed by atoms with E-state index in [1.165, 1.54) is 6.26 Å². The summed E-state index contributed by atoms with van der Waals surface area (Å²) in [5, 5.41) is 23.0. The lowest BCUT2D eigenvalue weighted by atomic mass is 10.0. The molecule has 0 aliphatic carbocycles. The fourth-order valence-corrected chi connectivity index (χ4v) is 5.67. The molecule has 0 spiro atoms. The van der Waals surface area contributed by atoms with Crippen molar-refractivity contribution in [1.82, 2.24) is 34.1 Å². The lowest BCUT2D eigenvalue weighted by Gasteiger charge is -2.23. The molecule has 0 aliphatic heterocycles. The Balaban J connectivity index is 1.86. The van der Waals surface area contributed by atoms with Crippen molar-refractivity contribution in [2.24, 2.45) is 7.05 Å². The molecule has 5 rings (SSSR count). The minimum atomic E-state index is -4.36. The van der Waals surface area contributed by atoms with Crippen LogP contribution in [0.15, 0.2) is 23.0 Å². The number of hydrogen-bond acceptors (Lipinski definition) is 8. The molecule has 0 radical (unpaired) electrons. The zero-order valence-corrected chi connectivity index (χ0v) is 21.1. The highest BCUT2D eigenvalue weighted by Gasteiger charge is 2.35. The first-order valence-corrected chi connectivity index (χ1v) is 12.0. The van der Waals surface area contributed by atoms with Gasteiger partial charge in [-0.15, -0.1) is 5.10 Å². The Labute approximate surface area is 207 Å². The van der Waals surface area contributed by atoms with Crippen molar-refractivity contribution >= 4 is 32.8 Å². The highest BCUT2D eigenvalue weighted by molar-refractivity contribution is 7.14. The lowest BCUT2D eigenvalue weighted by molar-refractivity contribution is -0.136. The maximum absolute atomic E-state index is 13.4. The number of pyridine rings is 1. The molecule has 5 aromatic heterocycles. The Hall–Kier alpha value is -3.32. The Morgan fingerprint density at radius 3 is 2.53 bits per heavy atom. The molecular weight excluding hydrogens is 495 g/mol. The average Bonchev–Trinajstić information content (AvgIpc) is 3.53. The zero-order valence-electron chi connectivity index (χ0n) is 20.3. The third-order valence-corrected chi connectivity index (χ3v) is 7.10. The number of rotatable bonds is 6. The van der Waals surface area contributed by atoms with Gasteiger partial charge in [0.05, 0.1) is 38.9 Å². The maximum Gasteiger partial charge on any atom is 0.389 e. The van der Waals surface area contributed by atoms with Crippen LogP contribution in [-0.2, 0) is 12.6 Å². The molecule has 0 amide bonds. The van der Waals surface area contributed by atoms with Gasteiger partial charge in [0.25, 0.3) is 0 Å². The molecule has 5 aromatic rings. The number of alkyl halides is 3. The minimum Gasteiger partial charge on any atom is -0.384 e. The number of aliphatic hydroxyl groups is 1. The number of aryl methyl sites for hydroxylation is 3. The van der Waals surface area contributed by atoms with Crippen molar-refractivity contribution in [2.75, 3.05) is 0 Å². The van der Waals surface area contributed by atoms with Gasteiger partial charge in [0.15, 0.2) is 0 Å². The van der Waals surface area contributed by atoms with Crippen LogP contribution >= 0.6 is 11.5 Å². The molecule has 5 heterocycles. The van der Waals surface area contributed by atoms with Crippen LogP contribution in [0, 0.1) is 13.8 Å². The second kappa shape index (κ2) is 8.37. The summed E-state index contributed by atoms with van der Waals surface area (Å²) < 4.78 is 54.1. The van der Waals surface area contributed by atoms with Crippen LogP contribution in [0.2, 0.25) is 0 Å². The molecule has 190 valence electrons. The van der Waals surface area contributed by atoms with E-state index in [9.17, 15) is 18.3 Å². The predicted molar refractivity (Wildman–Crippen MR) is 128 cm³/mol. The molecule has 1 atom stereocenters. The van der Waals surface area contributed by atoms with Gasteiger partial charge in [0.1, 0.15) is 23.1 Å². The summed E-state index contributed by atoms with van der Waals surface area (Å²) in [5.74, 6) is 0. The van der Waals surface area contributed by atoms with Gasteiger partial charge >= 0.3 is 6.18 Å². The fourth-order valence-electron chi connectivity index (χ4n) is 4.65. The van der Waals surface area contributed by atoms with E-state index in [2.05, 4.69) is 19.8 Å². The van der Waals surface area contributed by atoms with Crippen LogP contribution in [-0.4, -0.2) is 45.4 Å². The molecular formula is C23H24F3N7O2S. The third kappa shape index (κ3) is 4.05. The van der Waals surface area contributed by atoms with Crippen LogP contribution in [0.4, 0.5) is 13.2 Å². The van der Waals surface area contributed by atoms with Gasteiger partial charge in [0, 0.05) is 30.8 Å². The van der Waals surface area contributed by atoms with Gasteiger partial charge in [-0.1, -0.05) is 10.4 Å². The van der Waals surface area contributed by atoms with Crippen LogP contribution < -0.4 is 0 Å². The Kier molecular flexibility index (Phi) is 5.67. The van der Waals surface area contributed by atoms with E-state index in [4.69, 9.17) is 9.51 Å². The SMILES string of the molecule is Cc1nocc1C(CCC(F)(F)F)n1c2cc(-c3c(C)nnn3C)cnc2c2snc(C(C)(C)O)c21. The summed E-state index contributed by atoms with van der Waals surface area (Å²) in [5.41, 5.74) is 3.93. The second-order valence-corrected chi connectivity index (χ2v) is 10.2. The van der Waals surface area contributed by atoms with Crippen LogP contribution in [0.25, 0.3) is 32.5 Å². The van der Waals surface area contributed by atoms with Crippen molar-refractivity contribution in [1.29, 1.82) is 0 Å². The van der Waals surface area contributed by atoms with E-state index in [0.717, 1.165) is 17.2 Å². The normalized spacial score (nSPS) is 13.8. The largest absolute Gasteiger partial charge is 0.389 e. The first kappa shape index (κ1) is 24.4. The van der Waals surface area contributed by atoms with Crippen molar-refractivity contribution in [3.63, 3.8) is 0 Å². The average molecular weight is 520 g/mol. The van der Waals surface area contributed by atoms with E-state index < -0.39 is 24.2 Å². The number of hydrogen-bond donors (Lipinski definition) is 1. The van der Waals surface area contributed by atoms with E-state index >= 15 is 0 Å². The van der Waals surface area contributed by atoms with Crippen molar-refractivity contribution in [3.05, 3.63) is 41.2 Å². The molecule has 0 saturated heterocycles. The number of nitrogens with zero attached hydrogens (tertiary/aromatic N) is 7. The standard InChI is InChI=1S/C23H24F3N7O2S/c1-11-14(10-35-29-11)15(6-7-23(24,25)26)33-16-8-13(18-12(2)28-31-32(18)5)9-27-17(16)20-19(33)21(30-36-20)22(3,4)34/h8-10,15,34H,6-7H2,1-5H3. The maximum atomic E-state index is 13.4. The summed E-state index contributed by atoms with van der Waals surface area (Å²) in [6.45, 7) is 6.72. The van der Waals surface area contributed by atoms with Crippen LogP contribution in [0.3, 0.4) is 0 Å². The minimum absolute atomic E-state index is 0.262. The quantitative estimate of drug-likeness (QED) is 0.328. The monoisotopic (exact) mass is 519 g/mol. The molecule has 1 N–H and O–H groups in total. The van der Waals surface area contributed by atoms with E-state index in [-0.39, 0.29) is 6.42 Å². The zero-order chi connectivity index (χ0) is 26.0. The van der Waals surface area contributed by atoms with Gasteiger partial charge in [-0.25, -0.2) is 4.68 Å². The highest BCUT2D eigenvalue weighted by atomic mass is 32.1. The summed E-state index contributed by atoms with van der Waals surface area (Å²) >= 11 is 1.16. The van der Waals surface area contributed by atoms with E-state index in [0.29, 0.717) is 49.5 Å². The Bertz CT molecular complexity index is 1550. The van der Waals surface area contributed by atoms with Gasteiger partial charge in [-0.2, -0.15) is 17.5 Å². The summed E-state index contributed by atoms with van der Waals surface area (Å²) in [4.78, 5) is 4.70. The third-order valence-electron chi connectivity index (χ3n) is 6.26. The molecule has 0 fully saturated rings. The first-order valence-electron chi connectivity index (χ1n) is 11.2. The molecule has 1 unspecified atom stereocenters. The molecule has 0 aromatic carbocycles. The molecule has 9 nitrogen and oxygen atoms in total. The molecule has 0 aliphatic rings. The Morgan fingerprint density at radius 1 is 1.19 bits per heavy atom. The summed E-state index contributed by atoms with van der Waals surface area (Å²) in [6.07, 6.45) is -2.57. The molecule has 36 heavy (non-hydrogen) atoms. The first-order chi connectivity index (χ1) is 16.9. The smallest absolute Gasteiger partial charge is 0.384 e. The molecule has 0 bridgehead atoms. The van der Waals surface area contributed by atoms with Gasteiger partial charge in [-0.05, 0) is 51.7 Å². The van der Waals surface area contributed by atoms with E-state index in [1.54, 1.807) is 43.3 Å². The van der Waals surface area contributed by atoms with Crippen molar-refractivity contribution in [3.8, 4) is 11.3 Å². The van der Waals surface area contributed by atoms with E-state index in [1.807, 2.05) is 13.0 Å². The highest BCUT2D eigenvalue weighted by Crippen LogP contribution is 2.43.